The molecule has 0 bridgehead atoms. The van der Waals surface area contributed by atoms with Crippen LogP contribution < -0.4 is 10.1 Å². The maximum atomic E-state index is 13.2. The number of H-pyrrole nitrogens is 1. The van der Waals surface area contributed by atoms with Crippen LogP contribution in [0.25, 0.3) is 10.9 Å². The largest absolute Gasteiger partial charge is 0.487 e. The van der Waals surface area contributed by atoms with E-state index in [1.807, 2.05) is 36.4 Å². The van der Waals surface area contributed by atoms with Crippen LogP contribution in [-0.4, -0.2) is 50.9 Å². The molecule has 3 heterocycles. The summed E-state index contributed by atoms with van der Waals surface area (Å²) < 4.78 is 6.38. The van der Waals surface area contributed by atoms with Crippen LogP contribution in [0.1, 0.15) is 41.2 Å². The predicted molar refractivity (Wildman–Crippen MR) is 110 cm³/mol. The van der Waals surface area contributed by atoms with Crippen molar-refractivity contribution in [1.29, 1.82) is 0 Å². The van der Waals surface area contributed by atoms with Crippen molar-refractivity contribution in [2.75, 3.05) is 13.1 Å². The van der Waals surface area contributed by atoms with Crippen molar-refractivity contribution >= 4 is 22.9 Å². The molecule has 154 valence electrons. The van der Waals surface area contributed by atoms with Gasteiger partial charge in [-0.2, -0.15) is 5.10 Å². The van der Waals surface area contributed by atoms with E-state index in [0.29, 0.717) is 43.4 Å². The van der Waals surface area contributed by atoms with E-state index in [9.17, 15) is 14.7 Å². The van der Waals surface area contributed by atoms with E-state index in [2.05, 4.69) is 15.5 Å². The number of fused-ring (bicyclic) bond motifs is 2. The monoisotopic (exact) mass is 406 g/mol. The number of carbonyl (C=O) groups excluding carboxylic acids is 1. The molecule has 2 amide bonds. The molecule has 8 heteroatoms. The van der Waals surface area contributed by atoms with Gasteiger partial charge < -0.3 is 20.1 Å². The number of ether oxygens (including phenoxy) is 1. The van der Waals surface area contributed by atoms with E-state index in [-0.39, 0.29) is 11.9 Å². The Hall–Kier alpha value is -3.55. The molecule has 2 aromatic carbocycles. The van der Waals surface area contributed by atoms with E-state index < -0.39 is 11.7 Å². The van der Waals surface area contributed by atoms with Gasteiger partial charge in [-0.05, 0) is 12.1 Å². The van der Waals surface area contributed by atoms with E-state index in [1.165, 1.54) is 4.90 Å². The van der Waals surface area contributed by atoms with Crippen LogP contribution in [0, 0.1) is 0 Å². The second kappa shape index (κ2) is 7.05. The zero-order valence-electron chi connectivity index (χ0n) is 16.3. The van der Waals surface area contributed by atoms with Crippen molar-refractivity contribution < 1.29 is 19.4 Å². The first-order valence-electron chi connectivity index (χ1n) is 10.0. The van der Waals surface area contributed by atoms with Gasteiger partial charge in [-0.3, -0.25) is 9.89 Å². The fourth-order valence-corrected chi connectivity index (χ4v) is 4.55. The van der Waals surface area contributed by atoms with Gasteiger partial charge in [0.05, 0.1) is 23.3 Å². The molecule has 2 aliphatic heterocycles. The molecule has 1 unspecified atom stereocenters. The summed E-state index contributed by atoms with van der Waals surface area (Å²) in [4.78, 5) is 25.9. The maximum absolute atomic E-state index is 13.2. The van der Waals surface area contributed by atoms with Gasteiger partial charge in [0.2, 0.25) is 0 Å². The van der Waals surface area contributed by atoms with Crippen molar-refractivity contribution in [3.05, 3.63) is 59.8 Å². The highest BCUT2D eigenvalue weighted by atomic mass is 16.5. The van der Waals surface area contributed by atoms with E-state index in [1.54, 1.807) is 12.3 Å². The van der Waals surface area contributed by atoms with Crippen LogP contribution in [-0.2, 0) is 0 Å². The molecule has 1 aromatic heterocycles. The van der Waals surface area contributed by atoms with Gasteiger partial charge in [0.15, 0.2) is 0 Å². The van der Waals surface area contributed by atoms with Gasteiger partial charge in [0.1, 0.15) is 11.4 Å². The minimum atomic E-state index is -0.904. The quantitative estimate of drug-likeness (QED) is 0.605. The first-order chi connectivity index (χ1) is 14.5. The molecule has 1 fully saturated rings. The van der Waals surface area contributed by atoms with E-state index in [4.69, 9.17) is 4.74 Å². The Kier molecular flexibility index (Phi) is 4.34. The topological polar surface area (TPSA) is 108 Å². The number of aromatic nitrogens is 2. The lowest BCUT2D eigenvalue weighted by atomic mass is 9.80. The Morgan fingerprint density at radius 1 is 1.17 bits per heavy atom. The summed E-state index contributed by atoms with van der Waals surface area (Å²) in [7, 11) is 0. The molecule has 5 rings (SSSR count). The molecular formula is C22H22N4O4. The molecule has 1 atom stereocenters. The lowest BCUT2D eigenvalue weighted by Gasteiger charge is -2.46. The molecule has 8 nitrogen and oxygen atoms in total. The van der Waals surface area contributed by atoms with E-state index in [0.717, 1.165) is 16.7 Å². The standard InChI is InChI=1S/C22H22N4O4/c27-20(16-6-3-4-14-13-23-25-19(14)16)24-17-12-22(8-10-26(11-9-22)21(28)29)30-18-7-2-1-5-15(17)18/h1-7,13,17H,8-12H2,(H,23,25)(H,24,27)(H,28,29). The van der Waals surface area contributed by atoms with Gasteiger partial charge in [-0.25, -0.2) is 4.79 Å². The fraction of sp³-hybridized carbons (Fsp3) is 0.318. The van der Waals surface area contributed by atoms with Crippen LogP contribution in [0.15, 0.2) is 48.7 Å². The molecule has 0 radical (unpaired) electrons. The number of para-hydroxylation sites is 2. The Morgan fingerprint density at radius 2 is 1.97 bits per heavy atom. The van der Waals surface area contributed by atoms with Gasteiger partial charge in [-0.15, -0.1) is 0 Å². The number of piperidine rings is 1. The first kappa shape index (κ1) is 18.5. The van der Waals surface area contributed by atoms with Crippen molar-refractivity contribution in [3.8, 4) is 5.75 Å². The molecule has 30 heavy (non-hydrogen) atoms. The van der Waals surface area contributed by atoms with Crippen molar-refractivity contribution in [2.24, 2.45) is 0 Å². The normalized spacial score (nSPS) is 19.9. The molecule has 3 N–H and O–H groups in total. The summed E-state index contributed by atoms with van der Waals surface area (Å²) in [5.41, 5.74) is 1.70. The molecule has 0 saturated carbocycles. The van der Waals surface area contributed by atoms with Gasteiger partial charge in [0.25, 0.3) is 5.91 Å². The SMILES string of the molecule is O=C(NC1CC2(CCN(C(=O)O)CC2)Oc2ccccc21)c1cccc2cn[nH]c12. The summed E-state index contributed by atoms with van der Waals surface area (Å²) in [6.45, 7) is 0.844. The number of carboxylic acid groups (broad SMARTS) is 1. The second-order valence-corrected chi connectivity index (χ2v) is 7.96. The van der Waals surface area contributed by atoms with Gasteiger partial charge in [-0.1, -0.05) is 30.3 Å². The smallest absolute Gasteiger partial charge is 0.407 e. The highest BCUT2D eigenvalue weighted by molar-refractivity contribution is 6.05. The van der Waals surface area contributed by atoms with Crippen LogP contribution in [0.3, 0.4) is 0 Å². The molecule has 0 aliphatic carbocycles. The predicted octanol–water partition coefficient (Wildman–Crippen LogP) is 3.33. The summed E-state index contributed by atoms with van der Waals surface area (Å²) in [5.74, 6) is 0.572. The molecular weight excluding hydrogens is 384 g/mol. The number of aromatic amines is 1. The van der Waals surface area contributed by atoms with Crippen LogP contribution >= 0.6 is 0 Å². The number of nitrogens with zero attached hydrogens (tertiary/aromatic N) is 2. The number of benzene rings is 2. The Bertz CT molecular complexity index is 1120. The number of hydrogen-bond acceptors (Lipinski definition) is 4. The maximum Gasteiger partial charge on any atom is 0.407 e. The highest BCUT2D eigenvalue weighted by Crippen LogP contribution is 2.44. The first-order valence-corrected chi connectivity index (χ1v) is 10.0. The van der Waals surface area contributed by atoms with Gasteiger partial charge >= 0.3 is 6.09 Å². The van der Waals surface area contributed by atoms with E-state index >= 15 is 0 Å². The number of carbonyl (C=O) groups is 2. The molecule has 1 saturated heterocycles. The molecule has 2 aliphatic rings. The third kappa shape index (κ3) is 3.14. The lowest BCUT2D eigenvalue weighted by Crippen LogP contribution is -2.53. The Labute approximate surface area is 172 Å². The zero-order chi connectivity index (χ0) is 20.7. The Morgan fingerprint density at radius 3 is 2.77 bits per heavy atom. The average molecular weight is 406 g/mol. The number of amides is 2. The average Bonchev–Trinajstić information content (AvgIpc) is 3.23. The Balaban J connectivity index is 1.43. The third-order valence-electron chi connectivity index (χ3n) is 6.17. The van der Waals surface area contributed by atoms with Crippen LogP contribution in [0.2, 0.25) is 0 Å². The van der Waals surface area contributed by atoms with Crippen LogP contribution in [0.4, 0.5) is 4.79 Å². The summed E-state index contributed by atoms with van der Waals surface area (Å²) in [6, 6.07) is 13.0. The highest BCUT2D eigenvalue weighted by Gasteiger charge is 2.44. The van der Waals surface area contributed by atoms with Gasteiger partial charge in [0, 0.05) is 43.3 Å². The number of nitrogens with one attached hydrogen (secondary N) is 2. The summed E-state index contributed by atoms with van der Waals surface area (Å²) in [5, 5.41) is 20.3. The third-order valence-corrected chi connectivity index (χ3v) is 6.17. The lowest BCUT2D eigenvalue weighted by molar-refractivity contribution is -0.0205. The fourth-order valence-electron chi connectivity index (χ4n) is 4.55. The minimum absolute atomic E-state index is 0.176. The molecule has 3 aromatic rings. The summed E-state index contributed by atoms with van der Waals surface area (Å²) in [6.07, 6.45) is 2.58. The van der Waals surface area contributed by atoms with Crippen molar-refractivity contribution in [1.82, 2.24) is 20.4 Å². The number of hydrogen-bond donors (Lipinski definition) is 3. The van der Waals surface area contributed by atoms with Crippen molar-refractivity contribution in [3.63, 3.8) is 0 Å². The summed E-state index contributed by atoms with van der Waals surface area (Å²) >= 11 is 0. The number of rotatable bonds is 2. The molecule has 1 spiro atoms. The van der Waals surface area contributed by atoms with Crippen LogP contribution in [0.5, 0.6) is 5.75 Å². The minimum Gasteiger partial charge on any atom is -0.487 e. The van der Waals surface area contributed by atoms with Crippen molar-refractivity contribution in [2.45, 2.75) is 30.9 Å². The zero-order valence-corrected chi connectivity index (χ0v) is 16.3. The number of likely N-dealkylation sites (tertiary alicyclic amines) is 1. The second-order valence-electron chi connectivity index (χ2n) is 7.96.